The van der Waals surface area contributed by atoms with Crippen molar-refractivity contribution >= 4 is 11.0 Å². The number of nitrogens with one attached hydrogen (secondary N) is 1. The third-order valence-corrected chi connectivity index (χ3v) is 3.99. The van der Waals surface area contributed by atoms with E-state index in [1.54, 1.807) is 0 Å². The number of rotatable bonds is 5. The van der Waals surface area contributed by atoms with Gasteiger partial charge < -0.3 is 14.6 Å². The van der Waals surface area contributed by atoms with Crippen LogP contribution in [-0.2, 0) is 11.3 Å². The van der Waals surface area contributed by atoms with Gasteiger partial charge in [0.25, 0.3) is 0 Å². The van der Waals surface area contributed by atoms with Crippen LogP contribution in [-0.4, -0.2) is 35.4 Å². The molecule has 1 aromatic carbocycles. The van der Waals surface area contributed by atoms with Gasteiger partial charge in [0.2, 0.25) is 0 Å². The minimum absolute atomic E-state index is 0.636. The van der Waals surface area contributed by atoms with Gasteiger partial charge in [-0.1, -0.05) is 12.1 Å². The maximum atomic E-state index is 5.49. The Labute approximate surface area is 120 Å². The molecule has 1 saturated heterocycles. The summed E-state index contributed by atoms with van der Waals surface area (Å²) in [5, 5.41) is 3.66. The highest BCUT2D eigenvalue weighted by molar-refractivity contribution is 5.74. The average Bonchev–Trinajstić information content (AvgIpc) is 2.71. The molecule has 0 aliphatic carbocycles. The van der Waals surface area contributed by atoms with Crippen molar-refractivity contribution in [2.24, 2.45) is 0 Å². The summed E-state index contributed by atoms with van der Waals surface area (Å²) in [6, 6.07) is 8.95. The number of ether oxygens (including phenoxy) is 1. The molecular weight excluding hydrogens is 250 g/mol. The highest BCUT2D eigenvalue weighted by Crippen LogP contribution is 2.12. The number of aromatic nitrogens is 2. The Kier molecular flexibility index (Phi) is 4.66. The standard InChI is InChI=1S/C16H23N3O/c1-2-7-16-15(6-1)18-13-19(16)10-4-9-17-14-5-3-11-20-12-8-14/h1-2,6-7,13-14,17H,3-5,8-12H2. The highest BCUT2D eigenvalue weighted by atomic mass is 16.5. The molecule has 1 aliphatic heterocycles. The van der Waals surface area contributed by atoms with Crippen molar-refractivity contribution in [1.29, 1.82) is 0 Å². The highest BCUT2D eigenvalue weighted by Gasteiger charge is 2.11. The van der Waals surface area contributed by atoms with E-state index in [0.717, 1.165) is 44.7 Å². The van der Waals surface area contributed by atoms with Crippen molar-refractivity contribution < 1.29 is 4.74 Å². The van der Waals surface area contributed by atoms with Gasteiger partial charge in [0.1, 0.15) is 0 Å². The topological polar surface area (TPSA) is 39.1 Å². The second kappa shape index (κ2) is 6.86. The third kappa shape index (κ3) is 3.38. The predicted molar refractivity (Wildman–Crippen MR) is 80.8 cm³/mol. The molecule has 108 valence electrons. The lowest BCUT2D eigenvalue weighted by Gasteiger charge is -2.15. The van der Waals surface area contributed by atoms with E-state index < -0.39 is 0 Å². The van der Waals surface area contributed by atoms with Crippen molar-refractivity contribution in [3.05, 3.63) is 30.6 Å². The fourth-order valence-electron chi connectivity index (χ4n) is 2.85. The Hall–Kier alpha value is -1.39. The zero-order chi connectivity index (χ0) is 13.6. The molecule has 1 fully saturated rings. The van der Waals surface area contributed by atoms with Crippen LogP contribution in [0.15, 0.2) is 30.6 Å². The van der Waals surface area contributed by atoms with Gasteiger partial charge in [-0.15, -0.1) is 0 Å². The van der Waals surface area contributed by atoms with Crippen molar-refractivity contribution in [2.75, 3.05) is 19.8 Å². The summed E-state index contributed by atoms with van der Waals surface area (Å²) in [5.41, 5.74) is 2.32. The van der Waals surface area contributed by atoms with Gasteiger partial charge in [-0.2, -0.15) is 0 Å². The number of benzene rings is 1. The lowest BCUT2D eigenvalue weighted by molar-refractivity contribution is 0.142. The van der Waals surface area contributed by atoms with Gasteiger partial charge in [0.15, 0.2) is 0 Å². The van der Waals surface area contributed by atoms with Crippen LogP contribution in [0, 0.1) is 0 Å². The quantitative estimate of drug-likeness (QED) is 0.851. The summed E-state index contributed by atoms with van der Waals surface area (Å²) in [5.74, 6) is 0. The van der Waals surface area contributed by atoms with Crippen LogP contribution in [0.4, 0.5) is 0 Å². The summed E-state index contributed by atoms with van der Waals surface area (Å²) in [6.07, 6.45) is 6.66. The van der Waals surface area contributed by atoms with Gasteiger partial charge in [0.05, 0.1) is 17.4 Å². The van der Waals surface area contributed by atoms with Crippen LogP contribution in [0.25, 0.3) is 11.0 Å². The van der Waals surface area contributed by atoms with E-state index in [0.29, 0.717) is 6.04 Å². The third-order valence-electron chi connectivity index (χ3n) is 3.99. The van der Waals surface area contributed by atoms with Crippen LogP contribution in [0.2, 0.25) is 0 Å². The molecule has 1 N–H and O–H groups in total. The van der Waals surface area contributed by atoms with E-state index in [1.807, 2.05) is 12.4 Å². The largest absolute Gasteiger partial charge is 0.381 e. The van der Waals surface area contributed by atoms with Gasteiger partial charge >= 0.3 is 0 Å². The molecule has 1 aliphatic rings. The van der Waals surface area contributed by atoms with Crippen molar-refractivity contribution in [1.82, 2.24) is 14.9 Å². The molecule has 2 aromatic rings. The Morgan fingerprint density at radius 2 is 2.20 bits per heavy atom. The second-order valence-electron chi connectivity index (χ2n) is 5.47. The molecule has 0 saturated carbocycles. The number of hydrogen-bond donors (Lipinski definition) is 1. The Balaban J connectivity index is 1.45. The van der Waals surface area contributed by atoms with Gasteiger partial charge in [0, 0.05) is 25.8 Å². The molecule has 20 heavy (non-hydrogen) atoms. The number of imidazole rings is 1. The molecule has 0 radical (unpaired) electrons. The number of aryl methyl sites for hydroxylation is 1. The number of nitrogens with zero attached hydrogens (tertiary/aromatic N) is 2. The van der Waals surface area contributed by atoms with Crippen LogP contribution in [0.5, 0.6) is 0 Å². The van der Waals surface area contributed by atoms with Crippen molar-refractivity contribution in [2.45, 2.75) is 38.3 Å². The molecule has 1 atom stereocenters. The van der Waals surface area contributed by atoms with Gasteiger partial charge in [-0.25, -0.2) is 4.98 Å². The lowest BCUT2D eigenvalue weighted by Crippen LogP contribution is -2.30. The number of para-hydroxylation sites is 2. The van der Waals surface area contributed by atoms with E-state index in [9.17, 15) is 0 Å². The van der Waals surface area contributed by atoms with Crippen LogP contribution >= 0.6 is 0 Å². The SMILES string of the molecule is c1ccc2c(c1)ncn2CCCNC1CCCOCC1. The molecule has 0 spiro atoms. The summed E-state index contributed by atoms with van der Waals surface area (Å²) < 4.78 is 7.73. The fourth-order valence-corrected chi connectivity index (χ4v) is 2.85. The maximum absolute atomic E-state index is 5.49. The molecule has 1 unspecified atom stereocenters. The van der Waals surface area contributed by atoms with Crippen LogP contribution < -0.4 is 5.32 Å². The molecule has 4 heteroatoms. The minimum Gasteiger partial charge on any atom is -0.381 e. The lowest BCUT2D eigenvalue weighted by atomic mass is 10.1. The van der Waals surface area contributed by atoms with Crippen molar-refractivity contribution in [3.63, 3.8) is 0 Å². The summed E-state index contributed by atoms with van der Waals surface area (Å²) in [4.78, 5) is 4.43. The maximum Gasteiger partial charge on any atom is 0.0958 e. The molecular formula is C16H23N3O. The van der Waals surface area contributed by atoms with E-state index in [1.165, 1.54) is 18.4 Å². The van der Waals surface area contributed by atoms with Gasteiger partial charge in [-0.05, 0) is 44.4 Å². The molecule has 4 nitrogen and oxygen atoms in total. The monoisotopic (exact) mass is 273 g/mol. The van der Waals surface area contributed by atoms with E-state index in [2.05, 4.69) is 33.1 Å². The summed E-state index contributed by atoms with van der Waals surface area (Å²) in [7, 11) is 0. The zero-order valence-electron chi connectivity index (χ0n) is 11.9. The summed E-state index contributed by atoms with van der Waals surface area (Å²) >= 11 is 0. The second-order valence-corrected chi connectivity index (χ2v) is 5.47. The van der Waals surface area contributed by atoms with Crippen LogP contribution in [0.1, 0.15) is 25.7 Å². The van der Waals surface area contributed by atoms with E-state index in [4.69, 9.17) is 4.74 Å². The Morgan fingerprint density at radius 1 is 1.25 bits per heavy atom. The number of fused-ring (bicyclic) bond motifs is 1. The van der Waals surface area contributed by atoms with E-state index in [-0.39, 0.29) is 0 Å². The Bertz CT molecular complexity index is 529. The predicted octanol–water partition coefficient (Wildman–Crippen LogP) is 2.59. The molecule has 1 aromatic heterocycles. The first-order valence-electron chi connectivity index (χ1n) is 7.64. The molecule has 3 rings (SSSR count). The molecule has 0 bridgehead atoms. The molecule has 2 heterocycles. The Morgan fingerprint density at radius 3 is 3.20 bits per heavy atom. The first-order chi connectivity index (χ1) is 9.93. The smallest absolute Gasteiger partial charge is 0.0958 e. The van der Waals surface area contributed by atoms with Crippen LogP contribution in [0.3, 0.4) is 0 Å². The molecule has 0 amide bonds. The summed E-state index contributed by atoms with van der Waals surface area (Å²) in [6.45, 7) is 3.93. The number of hydrogen-bond acceptors (Lipinski definition) is 3. The van der Waals surface area contributed by atoms with E-state index >= 15 is 0 Å². The van der Waals surface area contributed by atoms with Crippen molar-refractivity contribution in [3.8, 4) is 0 Å². The zero-order valence-corrected chi connectivity index (χ0v) is 11.9. The minimum atomic E-state index is 0.636. The van der Waals surface area contributed by atoms with Gasteiger partial charge in [-0.3, -0.25) is 0 Å². The normalized spacial score (nSPS) is 20.1. The first kappa shape index (κ1) is 13.6. The average molecular weight is 273 g/mol. The fraction of sp³-hybridized carbons (Fsp3) is 0.562. The first-order valence-corrected chi connectivity index (χ1v) is 7.64.